The van der Waals surface area contributed by atoms with Gasteiger partial charge in [0.2, 0.25) is 0 Å². The van der Waals surface area contributed by atoms with Crippen LogP contribution in [0.15, 0.2) is 199 Å². The molecular formula is C54H34N2O2. The number of aromatic nitrogens is 2. The van der Waals surface area contributed by atoms with Crippen molar-refractivity contribution >= 4 is 71.1 Å². The van der Waals surface area contributed by atoms with Gasteiger partial charge in [-0.25, -0.2) is 0 Å². The lowest BCUT2D eigenvalue weighted by molar-refractivity contribution is 0.269. The van der Waals surface area contributed by atoms with Gasteiger partial charge in [-0.05, 0) is 77.4 Å². The van der Waals surface area contributed by atoms with Crippen LogP contribution in [-0.4, -0.2) is 15.2 Å². The highest BCUT2D eigenvalue weighted by atomic mass is 16.5. The molecule has 0 amide bonds. The quantitative estimate of drug-likeness (QED) is 0.180. The molecule has 0 saturated heterocycles. The lowest BCUT2D eigenvalue weighted by Crippen LogP contribution is -2.17. The summed E-state index contributed by atoms with van der Waals surface area (Å²) in [7, 11) is 0. The summed E-state index contributed by atoms with van der Waals surface area (Å²) in [5.74, 6) is 1.06. The molecule has 0 fully saturated rings. The summed E-state index contributed by atoms with van der Waals surface area (Å²) in [5, 5.41) is 7.23. The first-order valence-corrected chi connectivity index (χ1v) is 20.0. The van der Waals surface area contributed by atoms with E-state index in [4.69, 9.17) is 9.15 Å². The molecule has 0 saturated carbocycles. The molecule has 4 nitrogen and oxygen atoms in total. The van der Waals surface area contributed by atoms with Crippen LogP contribution in [0, 0.1) is 0 Å². The maximum Gasteiger partial charge on any atom is 0.148 e. The van der Waals surface area contributed by atoms with Gasteiger partial charge in [-0.2, -0.15) is 0 Å². The topological polar surface area (TPSA) is 32.2 Å². The van der Waals surface area contributed by atoms with E-state index >= 15 is 0 Å². The molecule has 4 heteroatoms. The number of rotatable bonds is 4. The molecule has 0 bridgehead atoms. The van der Waals surface area contributed by atoms with E-state index in [1.807, 2.05) is 0 Å². The zero-order chi connectivity index (χ0) is 37.9. The monoisotopic (exact) mass is 742 g/mol. The summed E-state index contributed by atoms with van der Waals surface area (Å²) in [6.45, 7) is 0. The number of hydrogen-bond acceptors (Lipinski definition) is 2. The van der Waals surface area contributed by atoms with Crippen molar-refractivity contribution in [2.45, 2.75) is 12.0 Å². The number of para-hydroxylation sites is 6. The van der Waals surface area contributed by atoms with E-state index in [1.54, 1.807) is 0 Å². The molecule has 0 N–H and O–H groups in total. The minimum Gasteiger partial charge on any atom is -0.483 e. The van der Waals surface area contributed by atoms with Crippen LogP contribution in [0.25, 0.3) is 93.6 Å². The Kier molecular flexibility index (Phi) is 6.53. The minimum absolute atomic E-state index is 0.0627. The van der Waals surface area contributed by atoms with Crippen LogP contribution in [0.1, 0.15) is 17.0 Å². The third kappa shape index (κ3) is 4.45. The zero-order valence-corrected chi connectivity index (χ0v) is 31.3. The number of benzene rings is 8. The molecule has 11 aromatic rings. The first-order chi connectivity index (χ1) is 28.8. The molecular weight excluding hydrogens is 709 g/mol. The molecule has 1 aliphatic heterocycles. The van der Waals surface area contributed by atoms with Gasteiger partial charge in [-0.3, -0.25) is 0 Å². The molecule has 8 aromatic carbocycles. The first kappa shape index (κ1) is 31.6. The van der Waals surface area contributed by atoms with Crippen LogP contribution < -0.4 is 4.74 Å². The predicted molar refractivity (Wildman–Crippen MR) is 239 cm³/mol. The Labute approximate surface area is 333 Å². The summed E-state index contributed by atoms with van der Waals surface area (Å²) in [5.41, 5.74) is 14.5. The molecule has 2 aliphatic rings. The number of furan rings is 1. The molecule has 1 aliphatic carbocycles. The summed E-state index contributed by atoms with van der Waals surface area (Å²) < 4.78 is 18.3. The lowest BCUT2D eigenvalue weighted by atomic mass is 9.86. The first-order valence-electron chi connectivity index (χ1n) is 20.0. The van der Waals surface area contributed by atoms with Crippen molar-refractivity contribution in [2.75, 3.05) is 0 Å². The van der Waals surface area contributed by atoms with Gasteiger partial charge in [-0.15, -0.1) is 0 Å². The van der Waals surface area contributed by atoms with E-state index in [-0.39, 0.29) is 12.0 Å². The maximum absolute atomic E-state index is 6.82. The van der Waals surface area contributed by atoms with Gasteiger partial charge in [0.1, 0.15) is 23.0 Å². The third-order valence-electron chi connectivity index (χ3n) is 12.5. The van der Waals surface area contributed by atoms with Crippen molar-refractivity contribution in [3.8, 4) is 28.3 Å². The van der Waals surface area contributed by atoms with Gasteiger partial charge >= 0.3 is 0 Å². The van der Waals surface area contributed by atoms with Gasteiger partial charge in [0, 0.05) is 55.0 Å². The molecule has 0 spiro atoms. The van der Waals surface area contributed by atoms with Crippen LogP contribution >= 0.6 is 0 Å². The Morgan fingerprint density at radius 3 is 1.79 bits per heavy atom. The molecule has 0 radical (unpaired) electrons. The molecule has 272 valence electrons. The molecule has 2 unspecified atom stereocenters. The van der Waals surface area contributed by atoms with Gasteiger partial charge in [0.15, 0.2) is 0 Å². The fourth-order valence-electron chi connectivity index (χ4n) is 9.88. The number of fused-ring (bicyclic) bond motifs is 12. The van der Waals surface area contributed by atoms with Crippen molar-refractivity contribution < 1.29 is 9.15 Å². The lowest BCUT2D eigenvalue weighted by Gasteiger charge is -2.18. The highest BCUT2D eigenvalue weighted by Gasteiger charge is 2.36. The Hall–Kier alpha value is -7.56. The minimum atomic E-state index is -0.0627. The second-order valence-electron chi connectivity index (χ2n) is 15.6. The standard InChI is InChI=1S/C54H34N2O2/c1-5-21-46-38(14-1)39-15-2-6-22-47(39)55(46)36-13-9-12-35(30-36)37-18-10-19-42-44-31-33(26-28-51(44)57-53(37)42)34-27-29-52-45(32-34)43-20-11-25-50(54(43)58-52)56-48-23-7-3-16-40(48)41-17-4-8-24-49(41)56/h1-32,45,52H. The number of hydrogen-bond donors (Lipinski definition) is 0. The Balaban J connectivity index is 0.890. The third-order valence-corrected chi connectivity index (χ3v) is 12.5. The summed E-state index contributed by atoms with van der Waals surface area (Å²) in [6, 6.07) is 63.2. The Bertz CT molecular complexity index is 3470. The van der Waals surface area contributed by atoms with Gasteiger partial charge in [0.05, 0.1) is 27.8 Å². The molecule has 13 rings (SSSR count). The number of nitrogens with zero attached hydrogens (tertiary/aromatic N) is 2. The van der Waals surface area contributed by atoms with Crippen LogP contribution in [0.4, 0.5) is 0 Å². The largest absolute Gasteiger partial charge is 0.483 e. The number of ether oxygens (including phenoxy) is 1. The van der Waals surface area contributed by atoms with Crippen molar-refractivity contribution in [1.82, 2.24) is 9.13 Å². The zero-order valence-electron chi connectivity index (χ0n) is 31.3. The average Bonchev–Trinajstić information content (AvgIpc) is 4.04. The van der Waals surface area contributed by atoms with E-state index in [0.717, 1.165) is 55.8 Å². The maximum atomic E-state index is 6.82. The van der Waals surface area contributed by atoms with Crippen molar-refractivity contribution in [2.24, 2.45) is 0 Å². The Morgan fingerprint density at radius 1 is 0.466 bits per heavy atom. The second-order valence-corrected chi connectivity index (χ2v) is 15.6. The smallest absolute Gasteiger partial charge is 0.148 e. The van der Waals surface area contributed by atoms with Gasteiger partial charge in [-0.1, -0.05) is 133 Å². The van der Waals surface area contributed by atoms with E-state index in [9.17, 15) is 0 Å². The number of allylic oxidation sites excluding steroid dienone is 2. The second kappa shape index (κ2) is 12.0. The van der Waals surface area contributed by atoms with Gasteiger partial charge < -0.3 is 18.3 Å². The molecule has 2 atom stereocenters. The summed E-state index contributed by atoms with van der Waals surface area (Å²) in [4.78, 5) is 0. The molecule has 4 heterocycles. The van der Waals surface area contributed by atoms with E-state index in [2.05, 4.69) is 203 Å². The van der Waals surface area contributed by atoms with Crippen molar-refractivity contribution in [3.63, 3.8) is 0 Å². The van der Waals surface area contributed by atoms with E-state index in [0.29, 0.717) is 0 Å². The predicted octanol–water partition coefficient (Wildman–Crippen LogP) is 13.9. The van der Waals surface area contributed by atoms with E-state index < -0.39 is 0 Å². The van der Waals surface area contributed by atoms with Crippen LogP contribution in [-0.2, 0) is 0 Å². The van der Waals surface area contributed by atoms with Crippen LogP contribution in [0.5, 0.6) is 5.75 Å². The molecule has 3 aromatic heterocycles. The van der Waals surface area contributed by atoms with Crippen LogP contribution in [0.2, 0.25) is 0 Å². The highest BCUT2D eigenvalue weighted by molar-refractivity contribution is 6.12. The highest BCUT2D eigenvalue weighted by Crippen LogP contribution is 2.48. The molecule has 58 heavy (non-hydrogen) atoms. The van der Waals surface area contributed by atoms with E-state index in [1.165, 1.54) is 54.7 Å². The summed E-state index contributed by atoms with van der Waals surface area (Å²) in [6.07, 6.45) is 6.78. The fraction of sp³-hybridized carbons (Fsp3) is 0.0370. The van der Waals surface area contributed by atoms with Gasteiger partial charge in [0.25, 0.3) is 0 Å². The fourth-order valence-corrected chi connectivity index (χ4v) is 9.88. The normalized spacial score (nSPS) is 16.1. The SMILES string of the molecule is C1=CC2Oc3c(cccc3-n3c4ccccc4c4ccccc43)C2C=C1c1ccc2oc3c(-c4cccc(-n5c6ccccc6c6ccccc65)c4)cccc3c2c1. The average molecular weight is 743 g/mol. The Morgan fingerprint density at radius 2 is 1.09 bits per heavy atom. The summed E-state index contributed by atoms with van der Waals surface area (Å²) >= 11 is 0. The van der Waals surface area contributed by atoms with Crippen LogP contribution in [0.3, 0.4) is 0 Å². The van der Waals surface area contributed by atoms with Crippen molar-refractivity contribution in [3.05, 3.63) is 205 Å². The van der Waals surface area contributed by atoms with Crippen molar-refractivity contribution in [1.29, 1.82) is 0 Å².